The lowest BCUT2D eigenvalue weighted by molar-refractivity contribution is 0.0906. The topological polar surface area (TPSA) is 54.9 Å². The number of pyridine rings is 1. The third-order valence-electron chi connectivity index (χ3n) is 2.48. The third-order valence-corrected chi connectivity index (χ3v) is 3.58. The van der Waals surface area contributed by atoms with Crippen LogP contribution in [0, 0.1) is 11.8 Å². The Hall–Kier alpha value is -1.89. The Morgan fingerprint density at radius 3 is 2.68 bits per heavy atom. The zero-order chi connectivity index (χ0) is 14.0. The van der Waals surface area contributed by atoms with Gasteiger partial charge in [0.1, 0.15) is 5.01 Å². The van der Waals surface area contributed by atoms with E-state index in [-0.39, 0.29) is 5.56 Å². The Labute approximate surface area is 112 Å². The van der Waals surface area contributed by atoms with Crippen LogP contribution in [0.3, 0.4) is 0 Å². The van der Waals surface area contributed by atoms with Crippen molar-refractivity contribution in [2.75, 3.05) is 0 Å². The molecule has 0 fully saturated rings. The fraction of sp³-hybridized carbons (Fsp3) is 0.250. The molecule has 2 rings (SSSR count). The molecule has 0 atom stereocenters. The average molecular weight is 283 g/mol. The van der Waals surface area contributed by atoms with Gasteiger partial charge in [-0.1, -0.05) is 0 Å². The normalized spacial score (nSPS) is 11.4. The van der Waals surface area contributed by atoms with E-state index in [4.69, 9.17) is 0 Å². The summed E-state index contributed by atoms with van der Waals surface area (Å²) in [6.45, 7) is 3.47. The van der Waals surface area contributed by atoms with Crippen LogP contribution < -0.4 is 5.32 Å². The lowest BCUT2D eigenvalue weighted by atomic mass is 10.1. The first kappa shape index (κ1) is 13.5. The number of amides is 1. The van der Waals surface area contributed by atoms with E-state index in [1.807, 2.05) is 0 Å². The molecule has 2 aromatic heterocycles. The molecule has 4 nitrogen and oxygen atoms in total. The van der Waals surface area contributed by atoms with Gasteiger partial charge in [-0.15, -0.1) is 11.3 Å². The van der Waals surface area contributed by atoms with Crippen LogP contribution in [0.5, 0.6) is 0 Å². The van der Waals surface area contributed by atoms with Crippen LogP contribution in [0.25, 0.3) is 0 Å². The van der Waals surface area contributed by atoms with E-state index in [1.165, 1.54) is 11.3 Å². The summed E-state index contributed by atoms with van der Waals surface area (Å²) in [5.41, 5.74) is -1.14. The maximum absolute atomic E-state index is 13.5. The Balaban J connectivity index is 2.24. The Bertz CT molecular complexity index is 599. The molecule has 0 spiro atoms. The lowest BCUT2D eigenvalue weighted by Crippen LogP contribution is -2.41. The standard InChI is InChI=1S/C12H11F2N3OS/c1-12(2,11-16-5-6-19-11)17-10(18)7-3-4-15-9(14)8(7)13/h3-6H,1-2H3,(H,17,18). The van der Waals surface area contributed by atoms with Crippen molar-refractivity contribution in [2.24, 2.45) is 0 Å². The maximum atomic E-state index is 13.5. The number of carbonyl (C=O) groups is 1. The number of aromatic nitrogens is 2. The minimum Gasteiger partial charge on any atom is -0.341 e. The summed E-state index contributed by atoms with van der Waals surface area (Å²) in [6, 6.07) is 1.13. The number of nitrogens with one attached hydrogen (secondary N) is 1. The zero-order valence-corrected chi connectivity index (χ0v) is 11.1. The first-order valence-corrected chi connectivity index (χ1v) is 6.32. The van der Waals surface area contributed by atoms with E-state index in [2.05, 4.69) is 15.3 Å². The van der Waals surface area contributed by atoms with Gasteiger partial charge < -0.3 is 5.32 Å². The van der Waals surface area contributed by atoms with Gasteiger partial charge in [-0.3, -0.25) is 4.79 Å². The molecule has 0 aliphatic carbocycles. The number of nitrogens with zero attached hydrogens (tertiary/aromatic N) is 2. The minimum atomic E-state index is -1.29. The summed E-state index contributed by atoms with van der Waals surface area (Å²) < 4.78 is 26.4. The molecule has 7 heteroatoms. The molecular weight excluding hydrogens is 272 g/mol. The molecule has 0 aliphatic heterocycles. The Morgan fingerprint density at radius 2 is 2.05 bits per heavy atom. The van der Waals surface area contributed by atoms with Gasteiger partial charge in [-0.05, 0) is 19.9 Å². The number of halogens is 2. The van der Waals surface area contributed by atoms with Crippen LogP contribution in [0.4, 0.5) is 8.78 Å². The zero-order valence-electron chi connectivity index (χ0n) is 10.3. The van der Waals surface area contributed by atoms with Gasteiger partial charge in [-0.2, -0.15) is 4.39 Å². The number of rotatable bonds is 3. The molecular formula is C12H11F2N3OS. The SMILES string of the molecule is CC(C)(NC(=O)c1ccnc(F)c1F)c1nccs1. The van der Waals surface area contributed by atoms with Gasteiger partial charge in [0.2, 0.25) is 5.95 Å². The van der Waals surface area contributed by atoms with Crippen LogP contribution in [0.15, 0.2) is 23.8 Å². The molecule has 0 unspecified atom stereocenters. The van der Waals surface area contributed by atoms with E-state index in [0.717, 1.165) is 12.3 Å². The van der Waals surface area contributed by atoms with Gasteiger partial charge in [-0.25, -0.2) is 14.4 Å². The van der Waals surface area contributed by atoms with Gasteiger partial charge in [0, 0.05) is 17.8 Å². The molecule has 2 heterocycles. The second-order valence-corrected chi connectivity index (χ2v) is 5.27. The highest BCUT2D eigenvalue weighted by molar-refractivity contribution is 7.09. The summed E-state index contributed by atoms with van der Waals surface area (Å²) >= 11 is 1.37. The van der Waals surface area contributed by atoms with Gasteiger partial charge in [0.15, 0.2) is 5.82 Å². The monoisotopic (exact) mass is 283 g/mol. The summed E-state index contributed by atoms with van der Waals surface area (Å²) in [5, 5.41) is 5.07. The third kappa shape index (κ3) is 2.76. The summed E-state index contributed by atoms with van der Waals surface area (Å²) in [6.07, 6.45) is 2.66. The quantitative estimate of drug-likeness (QED) is 0.880. The van der Waals surface area contributed by atoms with Crippen molar-refractivity contribution >= 4 is 17.2 Å². The number of hydrogen-bond acceptors (Lipinski definition) is 4. The lowest BCUT2D eigenvalue weighted by Gasteiger charge is -2.23. The molecule has 2 aromatic rings. The van der Waals surface area contributed by atoms with Crippen LogP contribution in [-0.4, -0.2) is 15.9 Å². The molecule has 0 aliphatic rings. The maximum Gasteiger partial charge on any atom is 0.255 e. The second kappa shape index (κ2) is 5.00. The van der Waals surface area contributed by atoms with Crippen molar-refractivity contribution in [1.82, 2.24) is 15.3 Å². The van der Waals surface area contributed by atoms with Crippen molar-refractivity contribution < 1.29 is 13.6 Å². The molecule has 19 heavy (non-hydrogen) atoms. The fourth-order valence-electron chi connectivity index (χ4n) is 1.53. The Kier molecular flexibility index (Phi) is 3.57. The first-order valence-electron chi connectivity index (χ1n) is 5.44. The second-order valence-electron chi connectivity index (χ2n) is 4.38. The molecule has 100 valence electrons. The summed E-state index contributed by atoms with van der Waals surface area (Å²) in [7, 11) is 0. The van der Waals surface area contributed by atoms with Crippen LogP contribution in [0.1, 0.15) is 29.2 Å². The molecule has 0 aromatic carbocycles. The number of carbonyl (C=O) groups excluding carboxylic acids is 1. The molecule has 0 bridgehead atoms. The average Bonchev–Trinajstić information content (AvgIpc) is 2.86. The van der Waals surface area contributed by atoms with Gasteiger partial charge >= 0.3 is 0 Å². The first-order chi connectivity index (χ1) is 8.92. The predicted octanol–water partition coefficient (Wildman–Crippen LogP) is 2.48. The van der Waals surface area contributed by atoms with Crippen molar-refractivity contribution in [3.63, 3.8) is 0 Å². The van der Waals surface area contributed by atoms with Crippen molar-refractivity contribution in [3.05, 3.63) is 46.2 Å². The van der Waals surface area contributed by atoms with E-state index in [9.17, 15) is 13.6 Å². The van der Waals surface area contributed by atoms with Gasteiger partial charge in [0.25, 0.3) is 5.91 Å². The highest BCUT2D eigenvalue weighted by Crippen LogP contribution is 2.23. The number of hydrogen-bond donors (Lipinski definition) is 1. The minimum absolute atomic E-state index is 0.378. The van der Waals surface area contributed by atoms with Gasteiger partial charge in [0.05, 0.1) is 11.1 Å². The van der Waals surface area contributed by atoms with Crippen LogP contribution in [-0.2, 0) is 5.54 Å². The molecule has 1 amide bonds. The van der Waals surface area contributed by atoms with Crippen molar-refractivity contribution in [2.45, 2.75) is 19.4 Å². The van der Waals surface area contributed by atoms with E-state index in [0.29, 0.717) is 5.01 Å². The Morgan fingerprint density at radius 1 is 1.32 bits per heavy atom. The molecule has 0 saturated carbocycles. The molecule has 0 radical (unpaired) electrons. The largest absolute Gasteiger partial charge is 0.341 e. The highest BCUT2D eigenvalue weighted by Gasteiger charge is 2.27. The fourth-order valence-corrected chi connectivity index (χ4v) is 2.25. The smallest absolute Gasteiger partial charge is 0.255 e. The number of thiazole rings is 1. The highest BCUT2D eigenvalue weighted by atomic mass is 32.1. The summed E-state index contributed by atoms with van der Waals surface area (Å²) in [4.78, 5) is 19.2. The van der Waals surface area contributed by atoms with Crippen LogP contribution >= 0.6 is 11.3 Å². The van der Waals surface area contributed by atoms with Crippen LogP contribution in [0.2, 0.25) is 0 Å². The van der Waals surface area contributed by atoms with Crippen molar-refractivity contribution in [3.8, 4) is 0 Å². The van der Waals surface area contributed by atoms with Crippen molar-refractivity contribution in [1.29, 1.82) is 0 Å². The van der Waals surface area contributed by atoms with E-state index >= 15 is 0 Å². The predicted molar refractivity (Wildman–Crippen MR) is 66.8 cm³/mol. The molecule has 1 N–H and O–H groups in total. The van der Waals surface area contributed by atoms with E-state index in [1.54, 1.807) is 25.4 Å². The van der Waals surface area contributed by atoms with E-state index < -0.39 is 23.2 Å². The summed E-state index contributed by atoms with van der Waals surface area (Å²) in [5.74, 6) is -3.26. The molecule has 0 saturated heterocycles.